The molecule has 1 radical (unpaired) electrons. The van der Waals surface area contributed by atoms with Crippen LogP contribution in [0.3, 0.4) is 0 Å². The molecule has 0 unspecified atom stereocenters. The van der Waals surface area contributed by atoms with Crippen molar-refractivity contribution in [2.45, 2.75) is 38.0 Å². The largest absolute Gasteiger partial charge is 0.457 e. The zero-order valence-electron chi connectivity index (χ0n) is 15.5. The van der Waals surface area contributed by atoms with Gasteiger partial charge >= 0.3 is 5.97 Å². The van der Waals surface area contributed by atoms with Crippen molar-refractivity contribution in [1.82, 2.24) is 4.90 Å². The number of benzene rings is 2. The molecule has 2 aromatic rings. The van der Waals surface area contributed by atoms with Crippen LogP contribution in [-0.4, -0.2) is 41.7 Å². The monoisotopic (exact) mass is 379 g/mol. The van der Waals surface area contributed by atoms with E-state index in [0.717, 1.165) is 17.5 Å². The van der Waals surface area contributed by atoms with Gasteiger partial charge in [0.1, 0.15) is 6.61 Å². The van der Waals surface area contributed by atoms with Crippen molar-refractivity contribution >= 4 is 18.2 Å². The predicted octanol–water partition coefficient (Wildman–Crippen LogP) is 2.01. The molecule has 1 aliphatic heterocycles. The molecule has 2 N–H and O–H groups in total. The third kappa shape index (κ3) is 4.84. The van der Waals surface area contributed by atoms with E-state index in [1.807, 2.05) is 36.6 Å². The molecule has 145 valence electrons. The molecule has 3 rings (SSSR count). The highest BCUT2D eigenvalue weighted by Gasteiger charge is 2.31. The van der Waals surface area contributed by atoms with Crippen molar-refractivity contribution in [3.8, 4) is 0 Å². The van der Waals surface area contributed by atoms with Gasteiger partial charge in [-0.3, -0.25) is 9.59 Å². The molecular formula is C22H23N2O4. The fraction of sp³-hybridized carbons (Fsp3) is 0.318. The van der Waals surface area contributed by atoms with Gasteiger partial charge in [0.2, 0.25) is 12.2 Å². The summed E-state index contributed by atoms with van der Waals surface area (Å²) >= 11 is 0. The number of carbonyl (C=O) groups excluding carboxylic acids is 3. The lowest BCUT2D eigenvalue weighted by Gasteiger charge is -2.23. The number of carbonyl (C=O) groups is 2. The normalized spacial score (nSPS) is 17.2. The van der Waals surface area contributed by atoms with E-state index in [2.05, 4.69) is 0 Å². The summed E-state index contributed by atoms with van der Waals surface area (Å²) in [5.41, 5.74) is 8.24. The number of likely N-dealkylation sites (tertiary alicyclic amines) is 1. The van der Waals surface area contributed by atoms with Crippen molar-refractivity contribution < 1.29 is 19.1 Å². The molecule has 0 spiro atoms. The minimum Gasteiger partial charge on any atom is -0.457 e. The molecule has 1 heterocycles. The third-order valence-electron chi connectivity index (χ3n) is 4.85. The SMILES string of the molecule is N[C@H](Cc1ccc(C(=O)OCc2ccccc2)cc1)C(=O)N1CCC[C@H]1[C]=O. The first-order chi connectivity index (χ1) is 13.6. The van der Waals surface area contributed by atoms with Gasteiger partial charge in [0.15, 0.2) is 0 Å². The van der Waals surface area contributed by atoms with E-state index in [0.29, 0.717) is 24.9 Å². The Morgan fingerprint density at radius 2 is 1.82 bits per heavy atom. The fourth-order valence-corrected chi connectivity index (χ4v) is 3.29. The summed E-state index contributed by atoms with van der Waals surface area (Å²) < 4.78 is 5.30. The lowest BCUT2D eigenvalue weighted by molar-refractivity contribution is -0.132. The number of ether oxygens (including phenoxy) is 1. The molecule has 0 aromatic heterocycles. The van der Waals surface area contributed by atoms with Crippen LogP contribution in [0.4, 0.5) is 0 Å². The Morgan fingerprint density at radius 1 is 1.11 bits per heavy atom. The topological polar surface area (TPSA) is 89.7 Å². The summed E-state index contributed by atoms with van der Waals surface area (Å²) in [5, 5.41) is 0. The smallest absolute Gasteiger partial charge is 0.338 e. The Morgan fingerprint density at radius 3 is 2.50 bits per heavy atom. The van der Waals surface area contributed by atoms with Gasteiger partial charge in [0.25, 0.3) is 0 Å². The van der Waals surface area contributed by atoms with Crippen LogP contribution >= 0.6 is 0 Å². The van der Waals surface area contributed by atoms with E-state index < -0.39 is 18.1 Å². The van der Waals surface area contributed by atoms with Gasteiger partial charge in [-0.1, -0.05) is 42.5 Å². The maximum atomic E-state index is 12.5. The number of nitrogens with two attached hydrogens (primary N) is 1. The Bertz CT molecular complexity index is 820. The van der Waals surface area contributed by atoms with Crippen LogP contribution in [0.1, 0.15) is 34.3 Å². The molecule has 0 aliphatic carbocycles. The first-order valence-corrected chi connectivity index (χ1v) is 9.32. The zero-order valence-corrected chi connectivity index (χ0v) is 15.5. The van der Waals surface area contributed by atoms with Crippen LogP contribution in [0.15, 0.2) is 54.6 Å². The summed E-state index contributed by atoms with van der Waals surface area (Å²) in [5.74, 6) is -0.644. The Labute approximate surface area is 164 Å². The minimum atomic E-state index is -0.732. The quantitative estimate of drug-likeness (QED) is 0.744. The van der Waals surface area contributed by atoms with Crippen LogP contribution in [0.2, 0.25) is 0 Å². The molecule has 6 nitrogen and oxygen atoms in total. The van der Waals surface area contributed by atoms with E-state index >= 15 is 0 Å². The average Bonchev–Trinajstić information content (AvgIpc) is 3.21. The Hall–Kier alpha value is -2.99. The van der Waals surface area contributed by atoms with Gasteiger partial charge in [-0.15, -0.1) is 0 Å². The zero-order chi connectivity index (χ0) is 19.9. The van der Waals surface area contributed by atoms with E-state index in [1.54, 1.807) is 24.3 Å². The molecule has 0 saturated carbocycles. The molecule has 1 amide bonds. The van der Waals surface area contributed by atoms with Gasteiger partial charge in [0, 0.05) is 6.54 Å². The number of amides is 1. The average molecular weight is 379 g/mol. The van der Waals surface area contributed by atoms with E-state index in [-0.39, 0.29) is 12.5 Å². The van der Waals surface area contributed by atoms with E-state index in [1.165, 1.54) is 4.90 Å². The molecule has 1 saturated heterocycles. The number of hydrogen-bond donors (Lipinski definition) is 1. The predicted molar refractivity (Wildman–Crippen MR) is 104 cm³/mol. The molecular weight excluding hydrogens is 356 g/mol. The second kappa shape index (κ2) is 9.28. The Kier molecular flexibility index (Phi) is 6.55. The highest BCUT2D eigenvalue weighted by molar-refractivity contribution is 5.89. The summed E-state index contributed by atoms with van der Waals surface area (Å²) in [4.78, 5) is 37.1. The second-order valence-corrected chi connectivity index (χ2v) is 6.88. The van der Waals surface area contributed by atoms with Crippen LogP contribution in [0, 0.1) is 0 Å². The minimum absolute atomic E-state index is 0.214. The molecule has 6 heteroatoms. The van der Waals surface area contributed by atoms with Gasteiger partial charge < -0.3 is 15.4 Å². The maximum absolute atomic E-state index is 12.5. The first-order valence-electron chi connectivity index (χ1n) is 9.32. The van der Waals surface area contributed by atoms with Crippen LogP contribution in [-0.2, 0) is 27.4 Å². The van der Waals surface area contributed by atoms with Crippen molar-refractivity contribution in [1.29, 1.82) is 0 Å². The van der Waals surface area contributed by atoms with Gasteiger partial charge in [-0.2, -0.15) is 0 Å². The molecule has 1 fully saturated rings. The Balaban J connectivity index is 1.54. The number of hydrogen-bond acceptors (Lipinski definition) is 5. The standard InChI is InChI=1S/C22H23N2O4/c23-20(21(26)24-12-4-7-19(24)14-25)13-16-8-10-18(11-9-16)22(27)28-15-17-5-2-1-3-6-17/h1-3,5-6,8-11,19-20H,4,7,12-13,15,23H2/t19-,20+/m0/s1. The maximum Gasteiger partial charge on any atom is 0.338 e. The van der Waals surface area contributed by atoms with Crippen molar-refractivity contribution in [3.63, 3.8) is 0 Å². The van der Waals surface area contributed by atoms with Crippen molar-refractivity contribution in [3.05, 3.63) is 71.3 Å². The third-order valence-corrected chi connectivity index (χ3v) is 4.85. The van der Waals surface area contributed by atoms with Crippen LogP contribution in [0.25, 0.3) is 0 Å². The van der Waals surface area contributed by atoms with Gasteiger partial charge in [-0.25, -0.2) is 4.79 Å². The molecule has 0 bridgehead atoms. The van der Waals surface area contributed by atoms with Gasteiger partial charge in [0.05, 0.1) is 17.6 Å². The summed E-state index contributed by atoms with van der Waals surface area (Å²) in [6.45, 7) is 0.754. The molecule has 1 aliphatic rings. The van der Waals surface area contributed by atoms with Crippen molar-refractivity contribution in [2.24, 2.45) is 5.73 Å². The highest BCUT2D eigenvalue weighted by Crippen LogP contribution is 2.17. The number of nitrogens with zero attached hydrogens (tertiary/aromatic N) is 1. The van der Waals surface area contributed by atoms with Gasteiger partial charge in [-0.05, 0) is 42.5 Å². The van der Waals surface area contributed by atoms with E-state index in [9.17, 15) is 14.4 Å². The summed E-state index contributed by atoms with van der Waals surface area (Å²) in [7, 11) is 0. The van der Waals surface area contributed by atoms with Crippen LogP contribution in [0.5, 0.6) is 0 Å². The number of esters is 1. The number of rotatable bonds is 7. The lowest BCUT2D eigenvalue weighted by Crippen LogP contribution is -2.47. The fourth-order valence-electron chi connectivity index (χ4n) is 3.29. The molecule has 2 atom stereocenters. The second-order valence-electron chi connectivity index (χ2n) is 6.88. The van der Waals surface area contributed by atoms with E-state index in [4.69, 9.17) is 10.5 Å². The van der Waals surface area contributed by atoms with Crippen molar-refractivity contribution in [2.75, 3.05) is 6.54 Å². The summed E-state index contributed by atoms with van der Waals surface area (Å²) in [6, 6.07) is 15.1. The molecule has 28 heavy (non-hydrogen) atoms. The lowest BCUT2D eigenvalue weighted by atomic mass is 10.0. The summed E-state index contributed by atoms with van der Waals surface area (Å²) in [6.07, 6.45) is 3.67. The van der Waals surface area contributed by atoms with Crippen LogP contribution < -0.4 is 5.73 Å². The highest BCUT2D eigenvalue weighted by atomic mass is 16.5. The molecule has 2 aromatic carbocycles. The first kappa shape index (κ1) is 19.8.